The Balaban J connectivity index is 0.863. The standard InChI is InChI=1S/C39H52N4O15/c44-34(40-32-6-4-5-31-36(32)39(48)42(38(31)47)33-12-13-35(45)41-37(33)46)7-2-1-3-14-51-15-16-52-17-18-53-19-20-54-21-22-55-23-24-56-25-26-57-27-28-58-30-10-8-29(9-11-30)43(49)50/h4-6,8-11,33H,1-3,7,12-28H2,(H,40,44)(H,41,45,46). The Morgan fingerprint density at radius 1 is 0.690 bits per heavy atom. The highest BCUT2D eigenvalue weighted by Crippen LogP contribution is 2.32. The van der Waals surface area contributed by atoms with Gasteiger partial charge in [-0.25, -0.2) is 0 Å². The number of hydrogen-bond acceptors (Lipinski definition) is 15. The molecule has 0 radical (unpaired) electrons. The average Bonchev–Trinajstić information content (AvgIpc) is 3.46. The van der Waals surface area contributed by atoms with Crippen molar-refractivity contribution < 1.29 is 66.8 Å². The SMILES string of the molecule is O=C1CCC(N2C(=O)c3cccc(NC(=O)CCCCCOCCOCCOCCOCCOCCOCCOCCOc4ccc([N+](=O)[O-])cc4)c3C2=O)C(=O)N1. The number of carbonyl (C=O) groups excluding carboxylic acids is 5. The van der Waals surface area contributed by atoms with Gasteiger partial charge in [0.05, 0.1) is 108 Å². The molecule has 1 fully saturated rings. The van der Waals surface area contributed by atoms with E-state index in [-0.39, 0.29) is 47.7 Å². The first-order valence-corrected chi connectivity index (χ1v) is 19.3. The molecule has 0 aliphatic carbocycles. The highest BCUT2D eigenvalue weighted by atomic mass is 16.6. The normalized spacial score (nSPS) is 15.1. The number of hydrogen-bond donors (Lipinski definition) is 2. The highest BCUT2D eigenvalue weighted by molar-refractivity contribution is 6.26. The summed E-state index contributed by atoms with van der Waals surface area (Å²) in [4.78, 5) is 73.7. The lowest BCUT2D eigenvalue weighted by atomic mass is 10.0. The first-order valence-electron chi connectivity index (χ1n) is 19.3. The van der Waals surface area contributed by atoms with Crippen molar-refractivity contribution in [3.8, 4) is 5.75 Å². The largest absolute Gasteiger partial charge is 0.491 e. The van der Waals surface area contributed by atoms with Gasteiger partial charge in [-0.2, -0.15) is 0 Å². The Hall–Kier alpha value is -4.89. The zero-order valence-electron chi connectivity index (χ0n) is 32.5. The minimum absolute atomic E-state index is 0.0117. The number of piperidine rings is 1. The third kappa shape index (κ3) is 15.8. The van der Waals surface area contributed by atoms with Crippen LogP contribution in [0.1, 0.15) is 59.2 Å². The first kappa shape index (κ1) is 45.8. The van der Waals surface area contributed by atoms with E-state index in [1.807, 2.05) is 0 Å². The summed E-state index contributed by atoms with van der Waals surface area (Å²) in [6, 6.07) is 9.37. The minimum Gasteiger partial charge on any atom is -0.491 e. The smallest absolute Gasteiger partial charge is 0.269 e. The molecule has 1 unspecified atom stereocenters. The molecule has 0 aromatic heterocycles. The van der Waals surface area contributed by atoms with Crippen molar-refractivity contribution in [3.05, 3.63) is 63.7 Å². The lowest BCUT2D eigenvalue weighted by molar-refractivity contribution is -0.384. The van der Waals surface area contributed by atoms with Crippen LogP contribution in [0.3, 0.4) is 0 Å². The number of imide groups is 2. The number of anilines is 1. The van der Waals surface area contributed by atoms with Crippen LogP contribution in [0.2, 0.25) is 0 Å². The van der Waals surface area contributed by atoms with Crippen molar-refractivity contribution in [2.75, 3.05) is 104 Å². The van der Waals surface area contributed by atoms with Gasteiger partial charge in [-0.3, -0.25) is 44.3 Å². The van der Waals surface area contributed by atoms with Gasteiger partial charge in [0.25, 0.3) is 17.5 Å². The van der Waals surface area contributed by atoms with E-state index in [9.17, 15) is 34.1 Å². The van der Waals surface area contributed by atoms with Crippen LogP contribution in [0, 0.1) is 10.1 Å². The fourth-order valence-electron chi connectivity index (χ4n) is 5.80. The number of carbonyl (C=O) groups is 5. The molecule has 2 heterocycles. The van der Waals surface area contributed by atoms with Crippen molar-refractivity contribution in [3.63, 3.8) is 0 Å². The Morgan fingerprint density at radius 3 is 1.76 bits per heavy atom. The second-order valence-corrected chi connectivity index (χ2v) is 12.9. The third-order valence-corrected chi connectivity index (χ3v) is 8.71. The van der Waals surface area contributed by atoms with E-state index in [1.54, 1.807) is 24.3 Å². The number of ether oxygens (including phenoxy) is 8. The highest BCUT2D eigenvalue weighted by Gasteiger charge is 2.45. The van der Waals surface area contributed by atoms with Crippen LogP contribution in [0.5, 0.6) is 5.75 Å². The molecular formula is C39H52N4O15. The number of rotatable bonds is 31. The van der Waals surface area contributed by atoms with E-state index in [4.69, 9.17) is 37.9 Å². The van der Waals surface area contributed by atoms with Gasteiger partial charge in [0.2, 0.25) is 17.7 Å². The monoisotopic (exact) mass is 816 g/mol. The molecule has 0 bridgehead atoms. The van der Waals surface area contributed by atoms with E-state index in [0.29, 0.717) is 111 Å². The van der Waals surface area contributed by atoms with E-state index in [2.05, 4.69) is 10.6 Å². The molecule has 318 valence electrons. The summed E-state index contributed by atoms with van der Waals surface area (Å²) in [6.45, 7) is 6.43. The molecule has 2 aliphatic heterocycles. The van der Waals surface area contributed by atoms with Gasteiger partial charge in [-0.1, -0.05) is 12.5 Å². The summed E-state index contributed by atoms with van der Waals surface area (Å²) in [6.07, 6.45) is 2.41. The number of nitrogens with zero attached hydrogens (tertiary/aromatic N) is 2. The molecule has 2 aromatic rings. The molecule has 0 spiro atoms. The maximum absolute atomic E-state index is 13.2. The maximum atomic E-state index is 13.2. The van der Waals surface area contributed by atoms with Gasteiger partial charge in [0.1, 0.15) is 18.4 Å². The zero-order valence-corrected chi connectivity index (χ0v) is 32.5. The number of fused-ring (bicyclic) bond motifs is 1. The first-order chi connectivity index (χ1) is 28.3. The molecular weight excluding hydrogens is 764 g/mol. The van der Waals surface area contributed by atoms with Crippen LogP contribution >= 0.6 is 0 Å². The van der Waals surface area contributed by atoms with Crippen LogP contribution in [-0.4, -0.2) is 145 Å². The number of nitro groups is 1. The van der Waals surface area contributed by atoms with Crippen molar-refractivity contribution >= 4 is 40.9 Å². The van der Waals surface area contributed by atoms with Crippen LogP contribution < -0.4 is 15.4 Å². The molecule has 19 nitrogen and oxygen atoms in total. The molecule has 0 saturated carbocycles. The number of unbranched alkanes of at least 4 members (excludes halogenated alkanes) is 2. The molecule has 1 saturated heterocycles. The number of non-ortho nitro benzene ring substituents is 1. The fourth-order valence-corrected chi connectivity index (χ4v) is 5.80. The van der Waals surface area contributed by atoms with Crippen LogP contribution in [0.15, 0.2) is 42.5 Å². The van der Waals surface area contributed by atoms with Crippen LogP contribution in [0.25, 0.3) is 0 Å². The molecule has 2 aromatic carbocycles. The number of amides is 5. The average molecular weight is 817 g/mol. The van der Waals surface area contributed by atoms with Crippen LogP contribution in [0.4, 0.5) is 11.4 Å². The maximum Gasteiger partial charge on any atom is 0.269 e. The Morgan fingerprint density at radius 2 is 1.22 bits per heavy atom. The van der Waals surface area contributed by atoms with Crippen molar-refractivity contribution in [2.45, 2.75) is 44.6 Å². The number of nitrogens with one attached hydrogen (secondary N) is 2. The van der Waals surface area contributed by atoms with Gasteiger partial charge < -0.3 is 43.2 Å². The van der Waals surface area contributed by atoms with E-state index in [0.717, 1.165) is 17.7 Å². The predicted octanol–water partition coefficient (Wildman–Crippen LogP) is 2.69. The van der Waals surface area contributed by atoms with Crippen molar-refractivity contribution in [2.24, 2.45) is 0 Å². The van der Waals surface area contributed by atoms with Gasteiger partial charge in [0, 0.05) is 31.6 Å². The Labute approximate surface area is 336 Å². The lowest BCUT2D eigenvalue weighted by Gasteiger charge is -2.27. The summed E-state index contributed by atoms with van der Waals surface area (Å²) >= 11 is 0. The zero-order chi connectivity index (χ0) is 41.4. The quantitative estimate of drug-likeness (QED) is 0.0483. The molecule has 2 aliphatic rings. The summed E-state index contributed by atoms with van der Waals surface area (Å²) < 4.78 is 43.9. The third-order valence-electron chi connectivity index (χ3n) is 8.71. The van der Waals surface area contributed by atoms with Gasteiger partial charge in [-0.05, 0) is 43.5 Å². The molecule has 58 heavy (non-hydrogen) atoms. The Bertz CT molecular complexity index is 1640. The van der Waals surface area contributed by atoms with Gasteiger partial charge in [-0.15, -0.1) is 0 Å². The second kappa shape index (κ2) is 26.2. The lowest BCUT2D eigenvalue weighted by Crippen LogP contribution is -2.54. The van der Waals surface area contributed by atoms with Crippen LogP contribution in [-0.2, 0) is 47.5 Å². The summed E-state index contributed by atoms with van der Waals surface area (Å²) in [5.74, 6) is -2.20. The predicted molar refractivity (Wildman–Crippen MR) is 205 cm³/mol. The number of nitro benzene ring substituents is 1. The van der Waals surface area contributed by atoms with Gasteiger partial charge >= 0.3 is 0 Å². The molecule has 2 N–H and O–H groups in total. The molecule has 4 rings (SSSR count). The van der Waals surface area contributed by atoms with E-state index in [1.165, 1.54) is 18.2 Å². The molecule has 19 heteroatoms. The molecule has 1 atom stereocenters. The van der Waals surface area contributed by atoms with Crippen molar-refractivity contribution in [1.29, 1.82) is 0 Å². The minimum atomic E-state index is -1.08. The van der Waals surface area contributed by atoms with E-state index >= 15 is 0 Å². The van der Waals surface area contributed by atoms with Gasteiger partial charge in [0.15, 0.2) is 0 Å². The summed E-state index contributed by atoms with van der Waals surface area (Å²) in [5.41, 5.74) is 0.375. The second-order valence-electron chi connectivity index (χ2n) is 12.9. The summed E-state index contributed by atoms with van der Waals surface area (Å²) in [7, 11) is 0. The summed E-state index contributed by atoms with van der Waals surface area (Å²) in [5, 5.41) is 15.6. The fraction of sp³-hybridized carbons (Fsp3) is 0.564. The number of benzene rings is 2. The van der Waals surface area contributed by atoms with E-state index < -0.39 is 34.6 Å². The van der Waals surface area contributed by atoms with Crippen molar-refractivity contribution in [1.82, 2.24) is 10.2 Å². The Kier molecular flexibility index (Phi) is 20.7. The molecule has 5 amide bonds. The topological polar surface area (TPSA) is 230 Å².